The van der Waals surface area contributed by atoms with Gasteiger partial charge in [-0.3, -0.25) is 4.79 Å². The average Bonchev–Trinajstić information content (AvgIpc) is 2.67. The maximum Gasteiger partial charge on any atom is 0.255 e. The standard InChI is InChI=1S/C19H19NO5/c1-22-14-5-7-17-12(9-14)8-13(11-25-17)19(21)20-16-6-4-15(23-2)10-18(16)24-3/h4-10H,11H2,1-3H3,(H,20,21). The van der Waals surface area contributed by atoms with Crippen molar-refractivity contribution in [3.63, 3.8) is 0 Å². The van der Waals surface area contributed by atoms with E-state index in [0.29, 0.717) is 28.5 Å². The highest BCUT2D eigenvalue weighted by molar-refractivity contribution is 6.08. The summed E-state index contributed by atoms with van der Waals surface area (Å²) in [7, 11) is 4.71. The van der Waals surface area contributed by atoms with E-state index in [9.17, 15) is 4.79 Å². The van der Waals surface area contributed by atoms with Crippen LogP contribution in [0.2, 0.25) is 0 Å². The molecule has 2 aromatic carbocycles. The molecule has 0 radical (unpaired) electrons. The molecule has 0 atom stereocenters. The van der Waals surface area contributed by atoms with Gasteiger partial charge in [0.1, 0.15) is 29.6 Å². The minimum atomic E-state index is -0.253. The van der Waals surface area contributed by atoms with Crippen LogP contribution in [0.5, 0.6) is 23.0 Å². The van der Waals surface area contributed by atoms with E-state index in [1.165, 1.54) is 7.11 Å². The zero-order valence-electron chi connectivity index (χ0n) is 14.3. The molecule has 0 bridgehead atoms. The lowest BCUT2D eigenvalue weighted by Gasteiger charge is -2.19. The number of nitrogens with one attached hydrogen (secondary N) is 1. The van der Waals surface area contributed by atoms with Gasteiger partial charge in [0.25, 0.3) is 5.91 Å². The van der Waals surface area contributed by atoms with E-state index in [1.807, 2.05) is 18.2 Å². The van der Waals surface area contributed by atoms with E-state index in [0.717, 1.165) is 11.3 Å². The molecule has 0 saturated heterocycles. The van der Waals surface area contributed by atoms with E-state index >= 15 is 0 Å². The van der Waals surface area contributed by atoms with E-state index in [-0.39, 0.29) is 12.5 Å². The van der Waals surface area contributed by atoms with Gasteiger partial charge in [0.2, 0.25) is 0 Å². The fourth-order valence-corrected chi connectivity index (χ4v) is 2.52. The molecular formula is C19H19NO5. The molecule has 0 fully saturated rings. The third-order valence-corrected chi connectivity index (χ3v) is 3.88. The molecule has 1 N–H and O–H groups in total. The Hall–Kier alpha value is -3.15. The van der Waals surface area contributed by atoms with Gasteiger partial charge in [-0.1, -0.05) is 0 Å². The molecule has 130 valence electrons. The molecule has 2 aromatic rings. The lowest BCUT2D eigenvalue weighted by Crippen LogP contribution is -2.21. The van der Waals surface area contributed by atoms with Crippen molar-refractivity contribution in [2.75, 3.05) is 33.3 Å². The summed E-state index contributed by atoms with van der Waals surface area (Å²) in [5, 5.41) is 2.84. The van der Waals surface area contributed by atoms with Gasteiger partial charge in [-0.15, -0.1) is 0 Å². The highest BCUT2D eigenvalue weighted by Crippen LogP contribution is 2.32. The van der Waals surface area contributed by atoms with Gasteiger partial charge in [0.15, 0.2) is 0 Å². The number of carbonyl (C=O) groups is 1. The number of amides is 1. The number of benzene rings is 2. The van der Waals surface area contributed by atoms with Crippen LogP contribution in [-0.4, -0.2) is 33.8 Å². The van der Waals surface area contributed by atoms with Crippen LogP contribution in [0.4, 0.5) is 5.69 Å². The van der Waals surface area contributed by atoms with Crippen LogP contribution in [0.15, 0.2) is 42.0 Å². The average molecular weight is 341 g/mol. The molecule has 3 rings (SSSR count). The first kappa shape index (κ1) is 16.7. The first-order valence-electron chi connectivity index (χ1n) is 7.69. The van der Waals surface area contributed by atoms with Crippen molar-refractivity contribution in [2.24, 2.45) is 0 Å². The van der Waals surface area contributed by atoms with Gasteiger partial charge in [0.05, 0.1) is 32.6 Å². The molecular weight excluding hydrogens is 322 g/mol. The lowest BCUT2D eigenvalue weighted by atomic mass is 10.1. The largest absolute Gasteiger partial charge is 0.497 e. The van der Waals surface area contributed by atoms with Crippen LogP contribution < -0.4 is 24.3 Å². The zero-order chi connectivity index (χ0) is 17.8. The number of hydrogen-bond donors (Lipinski definition) is 1. The molecule has 0 aromatic heterocycles. The number of ether oxygens (including phenoxy) is 4. The molecule has 0 unspecified atom stereocenters. The van der Waals surface area contributed by atoms with Crippen molar-refractivity contribution in [3.8, 4) is 23.0 Å². The van der Waals surface area contributed by atoms with Gasteiger partial charge in [-0.2, -0.15) is 0 Å². The van der Waals surface area contributed by atoms with Crippen molar-refractivity contribution in [1.82, 2.24) is 0 Å². The van der Waals surface area contributed by atoms with Crippen molar-refractivity contribution in [2.45, 2.75) is 0 Å². The summed E-state index contributed by atoms with van der Waals surface area (Å²) < 4.78 is 21.3. The fraction of sp³-hybridized carbons (Fsp3) is 0.211. The second kappa shape index (κ2) is 7.17. The number of hydrogen-bond acceptors (Lipinski definition) is 5. The van der Waals surface area contributed by atoms with Gasteiger partial charge in [0, 0.05) is 11.6 Å². The SMILES string of the molecule is COc1ccc2c(c1)C=C(C(=O)Nc1ccc(OC)cc1OC)CO2. The summed E-state index contributed by atoms with van der Waals surface area (Å²) >= 11 is 0. The van der Waals surface area contributed by atoms with Crippen molar-refractivity contribution in [3.05, 3.63) is 47.5 Å². The predicted molar refractivity (Wildman–Crippen MR) is 94.6 cm³/mol. The van der Waals surface area contributed by atoms with Gasteiger partial charge < -0.3 is 24.3 Å². The third kappa shape index (κ3) is 3.52. The summed E-state index contributed by atoms with van der Waals surface area (Å²) in [6.07, 6.45) is 1.80. The summed E-state index contributed by atoms with van der Waals surface area (Å²) in [6.45, 7) is 0.198. The van der Waals surface area contributed by atoms with Gasteiger partial charge in [-0.25, -0.2) is 0 Å². The molecule has 25 heavy (non-hydrogen) atoms. The smallest absolute Gasteiger partial charge is 0.255 e. The van der Waals surface area contributed by atoms with Crippen LogP contribution in [0, 0.1) is 0 Å². The number of anilines is 1. The Kier molecular flexibility index (Phi) is 4.79. The number of carbonyl (C=O) groups excluding carboxylic acids is 1. The summed E-state index contributed by atoms with van der Waals surface area (Å²) in [5.74, 6) is 2.34. The summed E-state index contributed by atoms with van der Waals surface area (Å²) in [6, 6.07) is 10.7. The van der Waals surface area contributed by atoms with Crippen LogP contribution in [-0.2, 0) is 4.79 Å². The Bertz CT molecular complexity index is 829. The van der Waals surface area contributed by atoms with E-state index < -0.39 is 0 Å². The Labute approximate surface area is 146 Å². The van der Waals surface area contributed by atoms with E-state index in [2.05, 4.69) is 5.32 Å². The number of methoxy groups -OCH3 is 3. The molecule has 6 heteroatoms. The first-order valence-corrected chi connectivity index (χ1v) is 7.69. The first-order chi connectivity index (χ1) is 12.1. The maximum atomic E-state index is 12.6. The molecule has 6 nitrogen and oxygen atoms in total. The normalized spacial score (nSPS) is 12.4. The van der Waals surface area contributed by atoms with Crippen LogP contribution in [0.1, 0.15) is 5.56 Å². The van der Waals surface area contributed by atoms with Crippen LogP contribution in [0.25, 0.3) is 6.08 Å². The molecule has 0 saturated carbocycles. The second-order valence-electron chi connectivity index (χ2n) is 5.38. The van der Waals surface area contributed by atoms with Crippen molar-refractivity contribution >= 4 is 17.7 Å². The van der Waals surface area contributed by atoms with Crippen molar-refractivity contribution < 1.29 is 23.7 Å². The molecule has 1 aliphatic rings. The lowest BCUT2D eigenvalue weighted by molar-refractivity contribution is -0.113. The Morgan fingerprint density at radius 3 is 2.44 bits per heavy atom. The summed E-state index contributed by atoms with van der Waals surface area (Å²) in [4.78, 5) is 12.6. The highest BCUT2D eigenvalue weighted by Gasteiger charge is 2.19. The predicted octanol–water partition coefficient (Wildman–Crippen LogP) is 3.13. The molecule has 0 spiro atoms. The van der Waals surface area contributed by atoms with Crippen LogP contribution >= 0.6 is 0 Å². The number of fused-ring (bicyclic) bond motifs is 1. The summed E-state index contributed by atoms with van der Waals surface area (Å²) in [5.41, 5.74) is 1.88. The minimum absolute atomic E-state index is 0.198. The Morgan fingerprint density at radius 2 is 1.72 bits per heavy atom. The van der Waals surface area contributed by atoms with Gasteiger partial charge in [-0.05, 0) is 36.4 Å². The van der Waals surface area contributed by atoms with Crippen LogP contribution in [0.3, 0.4) is 0 Å². The molecule has 1 aliphatic heterocycles. The monoisotopic (exact) mass is 341 g/mol. The number of rotatable bonds is 5. The maximum absolute atomic E-state index is 12.6. The fourth-order valence-electron chi connectivity index (χ4n) is 2.52. The quantitative estimate of drug-likeness (QED) is 0.905. The van der Waals surface area contributed by atoms with Crippen molar-refractivity contribution in [1.29, 1.82) is 0 Å². The Balaban J connectivity index is 1.83. The molecule has 1 heterocycles. The third-order valence-electron chi connectivity index (χ3n) is 3.88. The topological polar surface area (TPSA) is 66.0 Å². The molecule has 0 aliphatic carbocycles. The van der Waals surface area contributed by atoms with E-state index in [4.69, 9.17) is 18.9 Å². The van der Waals surface area contributed by atoms with Gasteiger partial charge >= 0.3 is 0 Å². The minimum Gasteiger partial charge on any atom is -0.497 e. The Morgan fingerprint density at radius 1 is 1.00 bits per heavy atom. The van der Waals surface area contributed by atoms with E-state index in [1.54, 1.807) is 38.5 Å². The molecule has 1 amide bonds. The zero-order valence-corrected chi connectivity index (χ0v) is 14.3. The highest BCUT2D eigenvalue weighted by atomic mass is 16.5. The second-order valence-corrected chi connectivity index (χ2v) is 5.38.